The van der Waals surface area contributed by atoms with Crippen LogP contribution in [0.5, 0.6) is 11.5 Å². The minimum atomic E-state index is 0.653. The van der Waals surface area contributed by atoms with Gasteiger partial charge in [0.1, 0.15) is 11.5 Å². The number of rotatable bonds is 0. The third-order valence-electron chi connectivity index (χ3n) is 7.57. The van der Waals surface area contributed by atoms with Gasteiger partial charge in [-0.2, -0.15) is 0 Å². The van der Waals surface area contributed by atoms with Crippen LogP contribution in [-0.4, -0.2) is 13.2 Å². The fourth-order valence-corrected chi connectivity index (χ4v) is 5.12. The van der Waals surface area contributed by atoms with E-state index >= 15 is 0 Å². The van der Waals surface area contributed by atoms with E-state index in [0.29, 0.717) is 13.2 Å². The zero-order valence-corrected chi connectivity index (χ0v) is 24.5. The largest absolute Gasteiger partial charge is 0.492 e. The summed E-state index contributed by atoms with van der Waals surface area (Å²) in [6, 6.07) is 33.5. The number of ether oxygens (including phenoxy) is 2. The van der Waals surface area contributed by atoms with Crippen molar-refractivity contribution in [2.45, 2.75) is 64.2 Å². The van der Waals surface area contributed by atoms with Crippen molar-refractivity contribution in [1.82, 2.24) is 0 Å². The minimum Gasteiger partial charge on any atom is -0.492 e. The van der Waals surface area contributed by atoms with Gasteiger partial charge in [0.2, 0.25) is 0 Å². The maximum Gasteiger partial charge on any atom is 0.136 e. The summed E-state index contributed by atoms with van der Waals surface area (Å²) >= 11 is 0. The van der Waals surface area contributed by atoms with Crippen LogP contribution in [0.15, 0.2) is 97.1 Å². The molecule has 0 aliphatic carbocycles. The summed E-state index contributed by atoms with van der Waals surface area (Å²) in [6.07, 6.45) is 11.4. The van der Waals surface area contributed by atoms with E-state index in [9.17, 15) is 0 Å². The van der Waals surface area contributed by atoms with Gasteiger partial charge in [0.25, 0.3) is 0 Å². The number of hydrogen-bond acceptors (Lipinski definition) is 2. The number of hydrogen-bond donors (Lipinski definition) is 0. The standard InChI is InChI=1S/C40H40O2/c1-3-13-29-41-39-31-38(28-26-34-17-11-6-12-18-34)40(32-37(39)27-25-33-15-9-5-10-16-33)42-30-14-4-2-8-20-36-23-21-35(19-7-1)22-24-36/h5-6,9-12,15-18,21-24,31-32H,1-4,7-8,13-14,19-20,29-30H2. The Morgan fingerprint density at radius 2 is 0.810 bits per heavy atom. The summed E-state index contributed by atoms with van der Waals surface area (Å²) in [6.45, 7) is 1.31. The third-order valence-corrected chi connectivity index (χ3v) is 7.57. The van der Waals surface area contributed by atoms with E-state index in [0.717, 1.165) is 72.3 Å². The lowest BCUT2D eigenvalue weighted by Gasteiger charge is -2.14. The molecule has 0 radical (unpaired) electrons. The van der Waals surface area contributed by atoms with Crippen LogP contribution in [0.3, 0.4) is 0 Å². The molecule has 2 nitrogen and oxygen atoms in total. The molecule has 4 aromatic rings. The highest BCUT2D eigenvalue weighted by Crippen LogP contribution is 2.29. The van der Waals surface area contributed by atoms with Crippen LogP contribution >= 0.6 is 0 Å². The first-order valence-electron chi connectivity index (χ1n) is 15.5. The first-order valence-corrected chi connectivity index (χ1v) is 15.5. The Labute approximate surface area is 252 Å². The fraction of sp³-hybridized carbons (Fsp3) is 0.300. The molecule has 42 heavy (non-hydrogen) atoms. The predicted molar refractivity (Wildman–Crippen MR) is 173 cm³/mol. The van der Waals surface area contributed by atoms with E-state index in [1.165, 1.54) is 36.8 Å². The molecule has 4 heterocycles. The highest BCUT2D eigenvalue weighted by molar-refractivity contribution is 5.60. The normalized spacial score (nSPS) is 14.5. The van der Waals surface area contributed by atoms with Crippen molar-refractivity contribution in [3.05, 3.63) is 130 Å². The van der Waals surface area contributed by atoms with E-state index in [1.807, 2.05) is 72.8 Å². The van der Waals surface area contributed by atoms with Crippen LogP contribution in [-0.2, 0) is 12.8 Å². The molecule has 8 rings (SSSR count). The van der Waals surface area contributed by atoms with Gasteiger partial charge in [-0.05, 0) is 73.9 Å². The first-order chi connectivity index (χ1) is 20.8. The molecule has 0 amide bonds. The van der Waals surface area contributed by atoms with Gasteiger partial charge in [0.15, 0.2) is 0 Å². The molecular formula is C40H40O2. The van der Waals surface area contributed by atoms with Crippen molar-refractivity contribution >= 4 is 0 Å². The highest BCUT2D eigenvalue weighted by atomic mass is 16.5. The summed E-state index contributed by atoms with van der Waals surface area (Å²) in [7, 11) is 0. The van der Waals surface area contributed by atoms with Gasteiger partial charge in [-0.25, -0.2) is 0 Å². The monoisotopic (exact) mass is 552 g/mol. The molecule has 0 aromatic heterocycles. The highest BCUT2D eigenvalue weighted by Gasteiger charge is 2.11. The molecule has 4 aliphatic heterocycles. The van der Waals surface area contributed by atoms with Crippen molar-refractivity contribution in [1.29, 1.82) is 0 Å². The van der Waals surface area contributed by atoms with Crippen molar-refractivity contribution in [2.75, 3.05) is 13.2 Å². The summed E-state index contributed by atoms with van der Waals surface area (Å²) in [5, 5.41) is 0. The van der Waals surface area contributed by atoms with Gasteiger partial charge >= 0.3 is 0 Å². The Morgan fingerprint density at radius 1 is 0.405 bits per heavy atom. The Morgan fingerprint density at radius 3 is 1.24 bits per heavy atom. The molecule has 4 aromatic carbocycles. The SMILES string of the molecule is C(#Cc1cc2c(C#Cc3ccccc3)cc1OCCCCCCc1ccc(cc1)CCCCCCO2)c1ccccc1. The van der Waals surface area contributed by atoms with Crippen molar-refractivity contribution in [2.24, 2.45) is 0 Å². The van der Waals surface area contributed by atoms with Crippen LogP contribution in [0.25, 0.3) is 0 Å². The quantitative estimate of drug-likeness (QED) is 0.203. The molecular weight excluding hydrogens is 512 g/mol. The Balaban J connectivity index is 1.39. The van der Waals surface area contributed by atoms with E-state index in [1.54, 1.807) is 0 Å². The van der Waals surface area contributed by atoms with Crippen LogP contribution in [0.4, 0.5) is 0 Å². The molecule has 212 valence electrons. The molecule has 0 spiro atoms. The summed E-state index contributed by atoms with van der Waals surface area (Å²) in [4.78, 5) is 0. The summed E-state index contributed by atoms with van der Waals surface area (Å²) < 4.78 is 12.8. The number of aryl methyl sites for hydroxylation is 2. The Kier molecular flexibility index (Phi) is 11.2. The average Bonchev–Trinajstić information content (AvgIpc) is 3.04. The summed E-state index contributed by atoms with van der Waals surface area (Å²) in [5.74, 6) is 14.9. The lowest BCUT2D eigenvalue weighted by atomic mass is 10.0. The molecule has 0 fully saturated rings. The smallest absolute Gasteiger partial charge is 0.136 e. The lowest BCUT2D eigenvalue weighted by molar-refractivity contribution is 0.295. The van der Waals surface area contributed by atoms with Gasteiger partial charge in [-0.15, -0.1) is 0 Å². The van der Waals surface area contributed by atoms with Crippen molar-refractivity contribution in [3.8, 4) is 35.2 Å². The molecule has 0 N–H and O–H groups in total. The minimum absolute atomic E-state index is 0.653. The molecule has 4 bridgehead atoms. The van der Waals surface area contributed by atoms with Gasteiger partial charge in [-0.1, -0.05) is 110 Å². The van der Waals surface area contributed by atoms with Crippen LogP contribution in [0.1, 0.15) is 84.7 Å². The second-order valence-electron chi connectivity index (χ2n) is 10.9. The number of benzene rings is 4. The maximum atomic E-state index is 6.38. The van der Waals surface area contributed by atoms with Gasteiger partial charge < -0.3 is 9.47 Å². The molecule has 0 atom stereocenters. The topological polar surface area (TPSA) is 18.5 Å². The molecule has 0 unspecified atom stereocenters. The molecule has 0 saturated heterocycles. The van der Waals surface area contributed by atoms with Crippen LogP contribution < -0.4 is 9.47 Å². The molecule has 2 heteroatoms. The predicted octanol–water partition coefficient (Wildman–Crippen LogP) is 9.16. The van der Waals surface area contributed by atoms with E-state index in [2.05, 4.69) is 47.9 Å². The second kappa shape index (κ2) is 16.1. The molecule has 4 aliphatic rings. The Bertz CT molecular complexity index is 1400. The van der Waals surface area contributed by atoms with Gasteiger partial charge in [0.05, 0.1) is 24.3 Å². The Hall–Kier alpha value is -4.40. The fourth-order valence-electron chi connectivity index (χ4n) is 5.12. The van der Waals surface area contributed by atoms with E-state index in [4.69, 9.17) is 9.47 Å². The zero-order chi connectivity index (χ0) is 28.7. The van der Waals surface area contributed by atoms with Gasteiger partial charge in [0, 0.05) is 23.3 Å². The summed E-state index contributed by atoms with van der Waals surface area (Å²) in [5.41, 5.74) is 6.51. The average molecular weight is 553 g/mol. The lowest BCUT2D eigenvalue weighted by Crippen LogP contribution is -2.03. The first kappa shape index (κ1) is 29.1. The van der Waals surface area contributed by atoms with Crippen LogP contribution in [0.2, 0.25) is 0 Å². The van der Waals surface area contributed by atoms with Crippen molar-refractivity contribution < 1.29 is 9.47 Å². The van der Waals surface area contributed by atoms with Crippen LogP contribution in [0, 0.1) is 23.7 Å². The third kappa shape index (κ3) is 9.33. The van der Waals surface area contributed by atoms with Gasteiger partial charge in [-0.3, -0.25) is 0 Å². The van der Waals surface area contributed by atoms with Crippen molar-refractivity contribution in [3.63, 3.8) is 0 Å². The molecule has 0 saturated carbocycles. The van der Waals surface area contributed by atoms with E-state index in [-0.39, 0.29) is 0 Å². The maximum absolute atomic E-state index is 6.38. The zero-order valence-electron chi connectivity index (χ0n) is 24.5. The second-order valence-corrected chi connectivity index (χ2v) is 10.9. The van der Waals surface area contributed by atoms with E-state index < -0.39 is 0 Å².